The van der Waals surface area contributed by atoms with Gasteiger partial charge in [-0.15, -0.1) is 0 Å². The Morgan fingerprint density at radius 1 is 1.10 bits per heavy atom. The van der Waals surface area contributed by atoms with Gasteiger partial charge in [0.25, 0.3) is 5.91 Å². The Bertz CT molecular complexity index is 1060. The minimum atomic E-state index is -0.311. The Kier molecular flexibility index (Phi) is 7.64. The number of carbonyl (C=O) groups excluding carboxylic acids is 1. The smallest absolute Gasteiger partial charge is 0.257 e. The molecular formula is C21H20BrCl2N3O3. The van der Waals surface area contributed by atoms with E-state index in [9.17, 15) is 4.79 Å². The molecule has 0 unspecified atom stereocenters. The molecule has 0 saturated carbocycles. The van der Waals surface area contributed by atoms with Crippen molar-refractivity contribution in [2.45, 2.75) is 20.4 Å². The van der Waals surface area contributed by atoms with Crippen LogP contribution in [0.3, 0.4) is 0 Å². The predicted molar refractivity (Wildman–Crippen MR) is 122 cm³/mol. The number of ether oxygens (including phenoxy) is 2. The summed E-state index contributed by atoms with van der Waals surface area (Å²) in [6.45, 7) is 5.17. The lowest BCUT2D eigenvalue weighted by molar-refractivity contribution is 0.102. The third-order valence-corrected chi connectivity index (χ3v) is 5.27. The fourth-order valence-corrected chi connectivity index (χ4v) is 3.64. The number of carbonyl (C=O) groups is 1. The van der Waals surface area contributed by atoms with Gasteiger partial charge in [-0.05, 0) is 65.7 Å². The Morgan fingerprint density at radius 2 is 1.83 bits per heavy atom. The van der Waals surface area contributed by atoms with Crippen molar-refractivity contribution in [3.63, 3.8) is 0 Å². The molecule has 0 aliphatic heterocycles. The van der Waals surface area contributed by atoms with E-state index in [0.717, 1.165) is 5.56 Å². The Balaban J connectivity index is 1.76. The van der Waals surface area contributed by atoms with Gasteiger partial charge in [0.15, 0.2) is 17.3 Å². The highest BCUT2D eigenvalue weighted by Gasteiger charge is 2.15. The van der Waals surface area contributed by atoms with Crippen LogP contribution in [0.25, 0.3) is 0 Å². The van der Waals surface area contributed by atoms with E-state index in [4.69, 9.17) is 32.7 Å². The topological polar surface area (TPSA) is 65.4 Å². The van der Waals surface area contributed by atoms with Crippen molar-refractivity contribution < 1.29 is 14.3 Å². The fraction of sp³-hybridized carbons (Fsp3) is 0.238. The van der Waals surface area contributed by atoms with Gasteiger partial charge in [-0.2, -0.15) is 5.10 Å². The number of anilines is 1. The summed E-state index contributed by atoms with van der Waals surface area (Å²) >= 11 is 15.6. The molecule has 158 valence electrons. The molecule has 6 nitrogen and oxygen atoms in total. The molecule has 0 radical (unpaired) electrons. The third-order valence-electron chi connectivity index (χ3n) is 4.10. The number of amides is 1. The fourth-order valence-electron chi connectivity index (χ4n) is 2.76. The number of aromatic nitrogens is 2. The van der Waals surface area contributed by atoms with Gasteiger partial charge < -0.3 is 14.8 Å². The molecule has 30 heavy (non-hydrogen) atoms. The van der Waals surface area contributed by atoms with E-state index in [1.54, 1.807) is 41.2 Å². The van der Waals surface area contributed by atoms with Crippen LogP contribution in [-0.4, -0.2) is 28.9 Å². The van der Waals surface area contributed by atoms with Crippen LogP contribution in [0.15, 0.2) is 47.1 Å². The highest BCUT2D eigenvalue weighted by atomic mass is 79.9. The maximum atomic E-state index is 12.7. The summed E-state index contributed by atoms with van der Waals surface area (Å²) in [6, 6.07) is 10.4. The second kappa shape index (κ2) is 10.2. The molecule has 0 aliphatic carbocycles. The largest absolute Gasteiger partial charge is 0.490 e. The summed E-state index contributed by atoms with van der Waals surface area (Å²) in [6.07, 6.45) is 1.77. The van der Waals surface area contributed by atoms with Crippen LogP contribution in [0.2, 0.25) is 10.0 Å². The van der Waals surface area contributed by atoms with Crippen molar-refractivity contribution in [3.8, 4) is 11.5 Å². The van der Waals surface area contributed by atoms with Crippen molar-refractivity contribution in [2.24, 2.45) is 0 Å². The molecular weight excluding hydrogens is 493 g/mol. The molecule has 2 aromatic carbocycles. The summed E-state index contributed by atoms with van der Waals surface area (Å²) in [4.78, 5) is 12.7. The molecule has 0 aliphatic rings. The van der Waals surface area contributed by atoms with Crippen molar-refractivity contribution >= 4 is 50.9 Å². The Hall–Kier alpha value is -2.22. The number of benzene rings is 2. The normalized spacial score (nSPS) is 10.7. The summed E-state index contributed by atoms with van der Waals surface area (Å²) < 4.78 is 13.5. The van der Waals surface area contributed by atoms with Crippen molar-refractivity contribution in [1.82, 2.24) is 9.78 Å². The Morgan fingerprint density at radius 3 is 2.53 bits per heavy atom. The quantitative estimate of drug-likeness (QED) is 0.399. The second-order valence-electron chi connectivity index (χ2n) is 6.24. The zero-order valence-electron chi connectivity index (χ0n) is 16.4. The highest BCUT2D eigenvalue weighted by Crippen LogP contribution is 2.29. The number of halogens is 3. The average Bonchev–Trinajstić information content (AvgIpc) is 3.04. The minimum Gasteiger partial charge on any atom is -0.490 e. The number of rotatable bonds is 8. The van der Waals surface area contributed by atoms with Gasteiger partial charge in [-0.25, -0.2) is 0 Å². The molecule has 3 aromatic rings. The first-order valence-electron chi connectivity index (χ1n) is 9.29. The zero-order valence-corrected chi connectivity index (χ0v) is 19.5. The third kappa shape index (κ3) is 5.47. The number of nitrogens with zero attached hydrogens (tertiary/aromatic N) is 2. The zero-order chi connectivity index (χ0) is 21.7. The van der Waals surface area contributed by atoms with Gasteiger partial charge in [0.2, 0.25) is 0 Å². The molecule has 0 atom stereocenters. The van der Waals surface area contributed by atoms with Crippen LogP contribution in [-0.2, 0) is 6.54 Å². The van der Waals surface area contributed by atoms with E-state index in [1.165, 1.54) is 0 Å². The van der Waals surface area contributed by atoms with Crippen LogP contribution in [0.4, 0.5) is 5.82 Å². The number of nitrogens with one attached hydrogen (secondary N) is 1. The molecule has 9 heteroatoms. The molecule has 0 spiro atoms. The van der Waals surface area contributed by atoms with Crippen molar-refractivity contribution in [1.29, 1.82) is 0 Å². The molecule has 3 rings (SSSR count). The summed E-state index contributed by atoms with van der Waals surface area (Å²) in [5, 5.41) is 8.36. The summed E-state index contributed by atoms with van der Waals surface area (Å²) in [5.74, 6) is 1.21. The van der Waals surface area contributed by atoms with Gasteiger partial charge in [-0.3, -0.25) is 9.48 Å². The van der Waals surface area contributed by atoms with Crippen LogP contribution < -0.4 is 14.8 Å². The van der Waals surface area contributed by atoms with Crippen LogP contribution >= 0.6 is 39.1 Å². The molecule has 1 amide bonds. The molecule has 1 heterocycles. The van der Waals surface area contributed by atoms with Crippen molar-refractivity contribution in [2.75, 3.05) is 18.5 Å². The number of hydrogen-bond acceptors (Lipinski definition) is 4. The summed E-state index contributed by atoms with van der Waals surface area (Å²) in [5.41, 5.74) is 1.30. The molecule has 0 fully saturated rings. The van der Waals surface area contributed by atoms with E-state index in [1.807, 2.05) is 19.9 Å². The van der Waals surface area contributed by atoms with Gasteiger partial charge in [-0.1, -0.05) is 29.3 Å². The first-order chi connectivity index (χ1) is 14.4. The van der Waals surface area contributed by atoms with Crippen LogP contribution in [0.5, 0.6) is 11.5 Å². The first kappa shape index (κ1) is 22.5. The van der Waals surface area contributed by atoms with Crippen LogP contribution in [0.1, 0.15) is 29.8 Å². The highest BCUT2D eigenvalue weighted by molar-refractivity contribution is 9.10. The Labute approximate surface area is 193 Å². The lowest BCUT2D eigenvalue weighted by Crippen LogP contribution is -2.13. The monoisotopic (exact) mass is 511 g/mol. The maximum absolute atomic E-state index is 12.7. The lowest BCUT2D eigenvalue weighted by atomic mass is 10.2. The minimum absolute atomic E-state index is 0.311. The van der Waals surface area contributed by atoms with Gasteiger partial charge in [0.05, 0.1) is 24.2 Å². The summed E-state index contributed by atoms with van der Waals surface area (Å²) in [7, 11) is 0. The molecule has 1 aromatic heterocycles. The van der Waals surface area contributed by atoms with E-state index in [2.05, 4.69) is 26.3 Å². The molecule has 0 saturated heterocycles. The van der Waals surface area contributed by atoms with Gasteiger partial charge >= 0.3 is 0 Å². The van der Waals surface area contributed by atoms with Gasteiger partial charge in [0.1, 0.15) is 0 Å². The second-order valence-corrected chi connectivity index (χ2v) is 7.94. The average molecular weight is 513 g/mol. The van der Waals surface area contributed by atoms with E-state index in [0.29, 0.717) is 57.2 Å². The number of hydrogen-bond donors (Lipinski definition) is 1. The van der Waals surface area contributed by atoms with E-state index >= 15 is 0 Å². The first-order valence-corrected chi connectivity index (χ1v) is 10.8. The van der Waals surface area contributed by atoms with Crippen LogP contribution in [0, 0.1) is 0 Å². The molecule has 0 bridgehead atoms. The standard InChI is InChI=1S/C21H20BrCl2N3O3/c1-3-29-18-8-6-13(9-19(18)30-4-2)21(28)25-20-16(22)12-27(26-20)11-14-5-7-15(23)10-17(14)24/h5-10,12H,3-4,11H2,1-2H3,(H,25,26,28). The molecule has 1 N–H and O–H groups in total. The maximum Gasteiger partial charge on any atom is 0.257 e. The lowest BCUT2D eigenvalue weighted by Gasteiger charge is -2.12. The van der Waals surface area contributed by atoms with Gasteiger partial charge in [0, 0.05) is 21.8 Å². The predicted octanol–water partition coefficient (Wildman–Crippen LogP) is 6.05. The van der Waals surface area contributed by atoms with E-state index < -0.39 is 0 Å². The SMILES string of the molecule is CCOc1ccc(C(=O)Nc2nn(Cc3ccc(Cl)cc3Cl)cc2Br)cc1OCC. The van der Waals surface area contributed by atoms with E-state index in [-0.39, 0.29) is 5.91 Å². The van der Waals surface area contributed by atoms with Crippen molar-refractivity contribution in [3.05, 3.63) is 68.2 Å².